The van der Waals surface area contributed by atoms with Crippen molar-refractivity contribution in [3.05, 3.63) is 72.4 Å². The van der Waals surface area contributed by atoms with E-state index in [0.717, 1.165) is 11.3 Å². The molecule has 0 radical (unpaired) electrons. The zero-order valence-electron chi connectivity index (χ0n) is 15.0. The third-order valence-corrected chi connectivity index (χ3v) is 3.84. The Morgan fingerprint density at radius 3 is 2.78 bits per heavy atom. The summed E-state index contributed by atoms with van der Waals surface area (Å²) in [7, 11) is 0. The van der Waals surface area contributed by atoms with Gasteiger partial charge in [0.15, 0.2) is 17.4 Å². The minimum absolute atomic E-state index is 0.162. The quantitative estimate of drug-likeness (QED) is 0.600. The number of benzene rings is 2. The zero-order valence-corrected chi connectivity index (χ0v) is 15.0. The van der Waals surface area contributed by atoms with E-state index in [2.05, 4.69) is 15.6 Å². The molecular formula is C20H21FN4O2. The van der Waals surface area contributed by atoms with Crippen molar-refractivity contribution in [3.63, 3.8) is 0 Å². The molecule has 0 saturated carbocycles. The fourth-order valence-corrected chi connectivity index (χ4v) is 2.63. The predicted molar refractivity (Wildman–Crippen MR) is 101 cm³/mol. The van der Waals surface area contributed by atoms with Gasteiger partial charge in [-0.2, -0.15) is 0 Å². The van der Waals surface area contributed by atoms with E-state index in [0.29, 0.717) is 25.5 Å². The minimum atomic E-state index is -0.363. The third-order valence-electron chi connectivity index (χ3n) is 3.84. The van der Waals surface area contributed by atoms with Crippen LogP contribution in [0.4, 0.5) is 10.2 Å². The summed E-state index contributed by atoms with van der Waals surface area (Å²) in [6, 6.07) is 14.2. The van der Waals surface area contributed by atoms with Gasteiger partial charge in [0.25, 0.3) is 0 Å². The summed E-state index contributed by atoms with van der Waals surface area (Å²) in [6.07, 6.45) is 3.42. The van der Waals surface area contributed by atoms with E-state index in [9.17, 15) is 9.18 Å². The summed E-state index contributed by atoms with van der Waals surface area (Å²) in [5, 5.41) is 5.95. The summed E-state index contributed by atoms with van der Waals surface area (Å²) in [5.41, 5.74) is 2.03. The van der Waals surface area contributed by atoms with Gasteiger partial charge in [0.05, 0.1) is 11.9 Å². The first-order valence-electron chi connectivity index (χ1n) is 8.61. The number of carbonyl (C=O) groups is 1. The summed E-state index contributed by atoms with van der Waals surface area (Å²) in [6.45, 7) is 3.00. The fraction of sp³-hybridized carbons (Fsp3) is 0.200. The number of amides is 1. The predicted octanol–water partition coefficient (Wildman–Crippen LogP) is 3.14. The Morgan fingerprint density at radius 1 is 1.19 bits per heavy atom. The number of hydrogen-bond acceptors (Lipinski definition) is 4. The molecule has 0 bridgehead atoms. The Morgan fingerprint density at radius 2 is 1.96 bits per heavy atom. The molecule has 2 aromatic carbocycles. The van der Waals surface area contributed by atoms with Crippen molar-refractivity contribution in [2.45, 2.75) is 13.5 Å². The van der Waals surface area contributed by atoms with Crippen molar-refractivity contribution in [1.82, 2.24) is 14.9 Å². The smallest absolute Gasteiger partial charge is 0.222 e. The van der Waals surface area contributed by atoms with Gasteiger partial charge in [-0.25, -0.2) is 9.37 Å². The van der Waals surface area contributed by atoms with Gasteiger partial charge in [-0.3, -0.25) is 4.79 Å². The lowest BCUT2D eigenvalue weighted by atomic mass is 10.1. The molecule has 1 amide bonds. The van der Waals surface area contributed by atoms with E-state index < -0.39 is 0 Å². The molecule has 7 heteroatoms. The number of para-hydroxylation sites is 2. The molecule has 0 unspecified atom stereocenters. The van der Waals surface area contributed by atoms with Crippen LogP contribution in [0.2, 0.25) is 0 Å². The van der Waals surface area contributed by atoms with Crippen LogP contribution in [-0.4, -0.2) is 28.6 Å². The highest BCUT2D eigenvalue weighted by Crippen LogP contribution is 2.17. The van der Waals surface area contributed by atoms with Crippen molar-refractivity contribution in [2.24, 2.45) is 0 Å². The van der Waals surface area contributed by atoms with Gasteiger partial charge < -0.3 is 19.9 Å². The van der Waals surface area contributed by atoms with Crippen LogP contribution < -0.4 is 15.4 Å². The van der Waals surface area contributed by atoms with Crippen molar-refractivity contribution >= 4 is 11.7 Å². The normalized spacial score (nSPS) is 10.6. The van der Waals surface area contributed by atoms with E-state index >= 15 is 0 Å². The van der Waals surface area contributed by atoms with E-state index in [-0.39, 0.29) is 17.5 Å². The Hall–Kier alpha value is -3.19. The second-order valence-electron chi connectivity index (χ2n) is 5.93. The number of nitrogens with zero attached hydrogens (tertiary/aromatic N) is 2. The van der Waals surface area contributed by atoms with Crippen LogP contribution in [0.25, 0.3) is 5.69 Å². The molecule has 0 aliphatic carbocycles. The molecule has 140 valence electrons. The number of ether oxygens (including phenoxy) is 1. The SMILES string of the molecule is CC(=O)Nc1cn(-c2ccccc2CNCCOc2ccccc2F)cn1. The maximum absolute atomic E-state index is 13.5. The van der Waals surface area contributed by atoms with E-state index in [1.165, 1.54) is 13.0 Å². The Bertz CT molecular complexity index is 910. The molecule has 1 heterocycles. The number of hydrogen-bond donors (Lipinski definition) is 2. The molecule has 27 heavy (non-hydrogen) atoms. The first-order valence-corrected chi connectivity index (χ1v) is 8.61. The van der Waals surface area contributed by atoms with Crippen LogP contribution in [0.1, 0.15) is 12.5 Å². The second-order valence-corrected chi connectivity index (χ2v) is 5.93. The first kappa shape index (κ1) is 18.6. The number of imidazole rings is 1. The van der Waals surface area contributed by atoms with Gasteiger partial charge in [0, 0.05) is 20.0 Å². The molecule has 0 fully saturated rings. The van der Waals surface area contributed by atoms with Crippen LogP contribution >= 0.6 is 0 Å². The maximum atomic E-state index is 13.5. The first-order chi connectivity index (χ1) is 13.1. The number of nitrogens with one attached hydrogen (secondary N) is 2. The fourth-order valence-electron chi connectivity index (χ4n) is 2.63. The molecule has 2 N–H and O–H groups in total. The van der Waals surface area contributed by atoms with E-state index in [1.54, 1.807) is 30.7 Å². The highest BCUT2D eigenvalue weighted by atomic mass is 19.1. The van der Waals surface area contributed by atoms with Crippen LogP contribution in [0, 0.1) is 5.82 Å². The minimum Gasteiger partial charge on any atom is -0.489 e. The van der Waals surface area contributed by atoms with Crippen LogP contribution in [-0.2, 0) is 11.3 Å². The molecule has 1 aromatic heterocycles. The molecule has 3 aromatic rings. The lowest BCUT2D eigenvalue weighted by Gasteiger charge is -2.12. The van der Waals surface area contributed by atoms with Gasteiger partial charge in [-0.15, -0.1) is 0 Å². The molecular weight excluding hydrogens is 347 g/mol. The number of aromatic nitrogens is 2. The van der Waals surface area contributed by atoms with Gasteiger partial charge in [0.2, 0.25) is 5.91 Å². The Kier molecular flexibility index (Phi) is 6.17. The van der Waals surface area contributed by atoms with Gasteiger partial charge >= 0.3 is 0 Å². The summed E-state index contributed by atoms with van der Waals surface area (Å²) >= 11 is 0. The summed E-state index contributed by atoms with van der Waals surface area (Å²) in [5.74, 6) is 0.232. The van der Waals surface area contributed by atoms with Crippen molar-refractivity contribution in [3.8, 4) is 11.4 Å². The molecule has 0 aliphatic heterocycles. The zero-order chi connectivity index (χ0) is 19.1. The number of rotatable bonds is 8. The standard InChI is InChI=1S/C20H21FN4O2/c1-15(26)24-20-13-25(14-23-20)18-8-4-2-6-16(18)12-22-10-11-27-19-9-5-3-7-17(19)21/h2-9,13-14,22H,10-12H2,1H3,(H,24,26). The van der Waals surface area contributed by atoms with Gasteiger partial charge in [-0.05, 0) is 23.8 Å². The molecule has 6 nitrogen and oxygen atoms in total. The van der Waals surface area contributed by atoms with E-state index in [1.807, 2.05) is 28.8 Å². The van der Waals surface area contributed by atoms with Crippen LogP contribution in [0.3, 0.4) is 0 Å². The van der Waals surface area contributed by atoms with Gasteiger partial charge in [-0.1, -0.05) is 30.3 Å². The highest BCUT2D eigenvalue weighted by Gasteiger charge is 2.07. The molecule has 0 spiro atoms. The molecule has 3 rings (SSSR count). The molecule has 0 saturated heterocycles. The number of anilines is 1. The van der Waals surface area contributed by atoms with Gasteiger partial charge in [0.1, 0.15) is 12.9 Å². The van der Waals surface area contributed by atoms with Crippen molar-refractivity contribution in [2.75, 3.05) is 18.5 Å². The maximum Gasteiger partial charge on any atom is 0.222 e. The average molecular weight is 368 g/mol. The summed E-state index contributed by atoms with van der Waals surface area (Å²) < 4.78 is 20.8. The number of carbonyl (C=O) groups excluding carboxylic acids is 1. The largest absolute Gasteiger partial charge is 0.489 e. The van der Waals surface area contributed by atoms with Crippen LogP contribution in [0.15, 0.2) is 61.1 Å². The Balaban J connectivity index is 1.56. The molecule has 0 aliphatic rings. The second kappa shape index (κ2) is 8.95. The topological polar surface area (TPSA) is 68.2 Å². The highest BCUT2D eigenvalue weighted by molar-refractivity contribution is 5.87. The van der Waals surface area contributed by atoms with E-state index in [4.69, 9.17) is 4.74 Å². The van der Waals surface area contributed by atoms with Crippen LogP contribution in [0.5, 0.6) is 5.75 Å². The third kappa shape index (κ3) is 5.15. The lowest BCUT2D eigenvalue weighted by molar-refractivity contribution is -0.114. The van der Waals surface area contributed by atoms with Crippen molar-refractivity contribution in [1.29, 1.82) is 0 Å². The number of halogens is 1. The Labute approximate surface area is 157 Å². The summed E-state index contributed by atoms with van der Waals surface area (Å²) in [4.78, 5) is 15.3. The lowest BCUT2D eigenvalue weighted by Crippen LogP contribution is -2.21. The monoisotopic (exact) mass is 368 g/mol. The van der Waals surface area contributed by atoms with Crippen molar-refractivity contribution < 1.29 is 13.9 Å². The molecule has 0 atom stereocenters. The average Bonchev–Trinajstić information content (AvgIpc) is 3.11.